The number of aromatic nitrogens is 4. The van der Waals surface area contributed by atoms with Crippen LogP contribution in [0, 0.1) is 13.8 Å². The normalized spacial score (nSPS) is 24.7. The molecule has 0 aliphatic heterocycles. The fourth-order valence-electron chi connectivity index (χ4n) is 9.76. The number of carbonyl (C=O) groups is 2. The summed E-state index contributed by atoms with van der Waals surface area (Å²) in [4.78, 5) is 42.8. The zero-order valence-electron chi connectivity index (χ0n) is 37.0. The van der Waals surface area contributed by atoms with Gasteiger partial charge in [-0.1, -0.05) is 72.1 Å². The molecular weight excluding hydrogens is 1040 g/mol. The lowest BCUT2D eigenvalue weighted by atomic mass is 9.44. The molecule has 3 N–H and O–H groups in total. The molecule has 0 radical (unpaired) electrons. The van der Waals surface area contributed by atoms with Crippen molar-refractivity contribution in [1.29, 1.82) is 0 Å². The van der Waals surface area contributed by atoms with Gasteiger partial charge in [-0.3, -0.25) is 19.6 Å². The Morgan fingerprint density at radius 2 is 1.20 bits per heavy atom. The molecule has 0 saturated heterocycles. The maximum atomic E-state index is 13.3. The molecule has 0 spiro atoms. The number of nitrogens with zero attached hydrogens (tertiary/aromatic N) is 6. The number of aryl methyl sites for hydroxylation is 2. The highest BCUT2D eigenvalue weighted by atomic mass is 127. The van der Waals surface area contributed by atoms with Gasteiger partial charge in [-0.25, -0.2) is 9.97 Å². The van der Waals surface area contributed by atoms with Gasteiger partial charge in [0.05, 0.1) is 63.6 Å². The Morgan fingerprint density at radius 1 is 0.750 bits per heavy atom. The van der Waals surface area contributed by atoms with Gasteiger partial charge in [0.25, 0.3) is 0 Å². The van der Waals surface area contributed by atoms with E-state index in [-0.39, 0.29) is 52.3 Å². The van der Waals surface area contributed by atoms with E-state index in [1.165, 1.54) is 11.8 Å². The number of carboxylic acids is 1. The molecule has 17 heteroatoms. The van der Waals surface area contributed by atoms with Crippen LogP contribution < -0.4 is 5.73 Å². The van der Waals surface area contributed by atoms with Crippen molar-refractivity contribution in [3.63, 3.8) is 0 Å². The quantitative estimate of drug-likeness (QED) is 0.0330. The summed E-state index contributed by atoms with van der Waals surface area (Å²) >= 11 is 26.6. The predicted molar refractivity (Wildman–Crippen MR) is 279 cm³/mol. The zero-order chi connectivity index (χ0) is 45.4. The van der Waals surface area contributed by atoms with E-state index in [0.29, 0.717) is 40.2 Å². The number of ketones is 1. The van der Waals surface area contributed by atoms with Gasteiger partial charge in [-0.2, -0.15) is 0 Å². The van der Waals surface area contributed by atoms with Gasteiger partial charge in [-0.15, -0.1) is 58.9 Å². The van der Waals surface area contributed by atoms with Crippen molar-refractivity contribution in [2.24, 2.45) is 15.7 Å². The number of Topliss-reactive ketones (excluding diaryl/α,β-unsaturated/α-hetero) is 1. The van der Waals surface area contributed by atoms with Crippen LogP contribution in [0.1, 0.15) is 118 Å². The monoisotopic (exact) mass is 1100 g/mol. The standard InChI is InChI=1S/C24H29Cl2N3OS.C12H14Cl2O2.C11H16N4S.HI/c1-17-12-29(16-27-17)24-13-23(14-24,15-24)28-22(31-2)11-21(30)20(8-3-4-9-25)18-6-5-7-19(26)10-18;13-7-2-1-6-11(12(15)16)9-4-3-5-10(14)8-9;1-8-3-15(7-13-8)11-4-10(5-11,6-11)14-9(12)16-2;/h5-7,10,12,16,20H,3-4,8-9,11,13-15H2,1-2H3;3-5,8,11H,1-2,6-7H2,(H,15,16);3,7H,4-6H2,1-2H3,(H2,12,14);1H. The topological polar surface area (TPSA) is 141 Å². The molecule has 348 valence electrons. The number of hydrogen-bond acceptors (Lipinski definition) is 8. The van der Waals surface area contributed by atoms with Gasteiger partial charge < -0.3 is 20.0 Å². The maximum absolute atomic E-state index is 13.3. The van der Waals surface area contributed by atoms with Crippen molar-refractivity contribution in [1.82, 2.24) is 19.1 Å². The van der Waals surface area contributed by atoms with Crippen molar-refractivity contribution < 1.29 is 14.7 Å². The second-order valence-corrected chi connectivity index (χ2v) is 21.1. The zero-order valence-corrected chi connectivity index (χ0v) is 43.9. The molecule has 6 aliphatic rings. The lowest BCUT2D eigenvalue weighted by Gasteiger charge is -2.68. The molecule has 0 amide bonds. The first-order chi connectivity index (χ1) is 30.1. The average Bonchev–Trinajstić information content (AvgIpc) is 3.84. The van der Waals surface area contributed by atoms with Gasteiger partial charge in [-0.05, 0) is 126 Å². The second-order valence-electron chi connectivity index (χ2n) is 17.7. The van der Waals surface area contributed by atoms with Crippen molar-refractivity contribution in [2.75, 3.05) is 24.3 Å². The Labute approximate surface area is 423 Å². The molecule has 6 fully saturated rings. The van der Waals surface area contributed by atoms with Crippen molar-refractivity contribution >= 4 is 116 Å². The van der Waals surface area contributed by atoms with Crippen LogP contribution in [0.4, 0.5) is 0 Å². The van der Waals surface area contributed by atoms with Gasteiger partial charge >= 0.3 is 5.97 Å². The minimum absolute atomic E-state index is 0. The number of aliphatic carboxylic acids is 1. The summed E-state index contributed by atoms with van der Waals surface area (Å²) in [5, 5.41) is 12.0. The summed E-state index contributed by atoms with van der Waals surface area (Å²) in [5.41, 5.74) is 10.3. The molecule has 10 nitrogen and oxygen atoms in total. The van der Waals surface area contributed by atoms with Crippen LogP contribution in [0.25, 0.3) is 0 Å². The summed E-state index contributed by atoms with van der Waals surface area (Å²) < 4.78 is 4.52. The van der Waals surface area contributed by atoms with Crippen molar-refractivity contribution in [2.45, 2.75) is 131 Å². The Bertz CT molecular complexity index is 2250. The van der Waals surface area contributed by atoms with Gasteiger partial charge in [0.1, 0.15) is 5.78 Å². The highest BCUT2D eigenvalue weighted by Crippen LogP contribution is 2.68. The molecule has 4 bridgehead atoms. The van der Waals surface area contributed by atoms with Gasteiger partial charge in [0.15, 0.2) is 5.17 Å². The molecule has 2 atom stereocenters. The first-order valence-corrected chi connectivity index (χ1v) is 25.8. The number of carbonyl (C=O) groups excluding carboxylic acids is 1. The predicted octanol–water partition coefficient (Wildman–Crippen LogP) is 12.4. The number of thioether (sulfide) groups is 2. The third kappa shape index (κ3) is 12.6. The number of imidazole rings is 2. The number of carboxylic acid groups (broad SMARTS) is 1. The minimum atomic E-state index is -0.808. The van der Waals surface area contributed by atoms with Crippen LogP contribution in [-0.2, 0) is 20.7 Å². The van der Waals surface area contributed by atoms with E-state index in [1.807, 2.05) is 63.3 Å². The molecule has 2 unspecified atom stereocenters. The average molecular weight is 1100 g/mol. The van der Waals surface area contributed by atoms with Crippen LogP contribution >= 0.6 is 93.9 Å². The molecule has 2 heterocycles. The summed E-state index contributed by atoms with van der Waals surface area (Å²) in [5.74, 6) is -0.0425. The van der Waals surface area contributed by atoms with Crippen LogP contribution in [0.15, 0.2) is 83.6 Å². The van der Waals surface area contributed by atoms with E-state index < -0.39 is 11.9 Å². The maximum Gasteiger partial charge on any atom is 0.310 e. The Kier molecular flexibility index (Phi) is 19.1. The van der Waals surface area contributed by atoms with Crippen molar-refractivity contribution in [3.8, 4) is 0 Å². The Balaban J connectivity index is 0.000000197. The van der Waals surface area contributed by atoms with E-state index >= 15 is 0 Å². The molecule has 6 aliphatic carbocycles. The van der Waals surface area contributed by atoms with E-state index in [4.69, 9.17) is 62.2 Å². The molecule has 64 heavy (non-hydrogen) atoms. The molecule has 2 aromatic carbocycles. The largest absolute Gasteiger partial charge is 0.481 e. The van der Waals surface area contributed by atoms with E-state index in [9.17, 15) is 9.59 Å². The van der Waals surface area contributed by atoms with E-state index in [2.05, 4.69) is 36.5 Å². The number of amidine groups is 1. The third-order valence-electron chi connectivity index (χ3n) is 12.9. The molecule has 4 aromatic rings. The highest BCUT2D eigenvalue weighted by Gasteiger charge is 2.70. The lowest BCUT2D eigenvalue weighted by molar-refractivity contribution is -0.139. The van der Waals surface area contributed by atoms with Crippen LogP contribution in [-0.4, -0.2) is 81.5 Å². The highest BCUT2D eigenvalue weighted by molar-refractivity contribution is 14.0. The summed E-state index contributed by atoms with van der Waals surface area (Å²) in [7, 11) is 0. The number of rotatable bonds is 18. The number of benzene rings is 2. The number of nitrogens with two attached hydrogens (primary N) is 1. The molecule has 10 rings (SSSR count). The number of alkyl halides is 2. The third-order valence-corrected chi connectivity index (χ3v) is 15.1. The first kappa shape index (κ1) is 52.7. The Morgan fingerprint density at radius 3 is 1.59 bits per heavy atom. The molecular formula is C47H60Cl4IN7O3S2. The summed E-state index contributed by atoms with van der Waals surface area (Å²) in [6, 6.07) is 14.7. The minimum Gasteiger partial charge on any atom is -0.481 e. The van der Waals surface area contributed by atoms with Gasteiger partial charge in [0, 0.05) is 40.1 Å². The van der Waals surface area contributed by atoms with Crippen LogP contribution in [0.5, 0.6) is 0 Å². The fourth-order valence-corrected chi connectivity index (χ4v) is 11.4. The number of halogens is 5. The Hall–Kier alpha value is -2.27. The number of unbranched alkanes of at least 4 members (excludes halogenated alkanes) is 2. The fraction of sp³-hybridized carbons (Fsp3) is 0.532. The summed E-state index contributed by atoms with van der Waals surface area (Å²) in [6.07, 6.45) is 23.9. The molecule has 2 aromatic heterocycles. The van der Waals surface area contributed by atoms with E-state index in [0.717, 1.165) is 103 Å². The second kappa shape index (κ2) is 23.2. The summed E-state index contributed by atoms with van der Waals surface area (Å²) in [6.45, 7) is 4.05. The van der Waals surface area contributed by atoms with Gasteiger partial charge in [0.2, 0.25) is 0 Å². The molecule has 6 saturated carbocycles. The van der Waals surface area contributed by atoms with Crippen LogP contribution in [0.3, 0.4) is 0 Å². The van der Waals surface area contributed by atoms with Crippen LogP contribution in [0.2, 0.25) is 10.0 Å². The SMILES string of the molecule is CSC(CC(=O)C(CCCCCl)c1cccc(Cl)c1)=NC12CC(n3cnc(C)c3)(C1)C2.CSC(N)=NC12CC(n3cnc(C)c3)(C1)C2.I.O=C(O)C(CCCCCl)c1cccc(Cl)c1. The number of aliphatic imine (C=N–C) groups is 2. The first-order valence-electron chi connectivity index (χ1n) is 21.5. The lowest BCUT2D eigenvalue weighted by Crippen LogP contribution is -2.71. The smallest absolute Gasteiger partial charge is 0.310 e. The van der Waals surface area contributed by atoms with Crippen molar-refractivity contribution in [3.05, 3.63) is 106 Å². The number of hydrogen-bond donors (Lipinski definition) is 2. The van der Waals surface area contributed by atoms with E-state index in [1.54, 1.807) is 36.0 Å².